The number of carbonyl (C=O) groups excluding carboxylic acids is 3. The van der Waals surface area contributed by atoms with Gasteiger partial charge in [-0.05, 0) is 84.4 Å². The molecular weight excluding hydrogens is 520 g/mol. The van der Waals surface area contributed by atoms with Crippen molar-refractivity contribution in [2.24, 2.45) is 10.8 Å². The van der Waals surface area contributed by atoms with Crippen LogP contribution in [0.4, 0.5) is 0 Å². The average molecular weight is 565 g/mol. The van der Waals surface area contributed by atoms with Crippen LogP contribution >= 0.6 is 0 Å². The zero-order valence-corrected chi connectivity index (χ0v) is 26.1. The molecule has 0 amide bonds. The van der Waals surface area contributed by atoms with Gasteiger partial charge in [0, 0.05) is 28.2 Å². The molecule has 0 aliphatic carbocycles. The second-order valence-electron chi connectivity index (χ2n) is 12.5. The van der Waals surface area contributed by atoms with E-state index >= 15 is 0 Å². The number of allylic oxidation sites excluding steroid dienone is 2. The number of hydrogen-bond acceptors (Lipinski definition) is 7. The summed E-state index contributed by atoms with van der Waals surface area (Å²) in [5.74, 6) is 0.110. The van der Waals surface area contributed by atoms with Gasteiger partial charge in [-0.3, -0.25) is 14.4 Å². The Kier molecular flexibility index (Phi) is 10.7. The standard InChI is InChI=1S/C34H44O7/c1-12-18-39-26-21-27(41-31(37)33(6,7)8)25(34(9,10)13-2)19-23(26)20-28(38-11)29(35)22-14-16-24(17-15-22)40-30(36)32(3,4)5/h13-17,19-21H,2,12,18H2,1,3-11H3. The molecule has 0 atom stereocenters. The SMILES string of the molecule is C=CC(C)(C)c1cc(C=C(OC)C(=O)c2ccc(OC(=O)C(C)(C)C)cc2)c(OCCC)cc1OC(=O)C(C)(C)C. The molecule has 7 heteroatoms. The van der Waals surface area contributed by atoms with Gasteiger partial charge in [0.1, 0.15) is 17.2 Å². The molecule has 0 unspecified atom stereocenters. The largest absolute Gasteiger partial charge is 0.493 e. The van der Waals surface area contributed by atoms with Gasteiger partial charge in [-0.15, -0.1) is 6.58 Å². The van der Waals surface area contributed by atoms with Crippen LogP contribution in [0.25, 0.3) is 6.08 Å². The van der Waals surface area contributed by atoms with Crippen molar-refractivity contribution >= 4 is 23.8 Å². The third-order valence-electron chi connectivity index (χ3n) is 6.26. The van der Waals surface area contributed by atoms with Crippen molar-refractivity contribution in [1.29, 1.82) is 0 Å². The minimum atomic E-state index is -0.713. The summed E-state index contributed by atoms with van der Waals surface area (Å²) in [6.07, 6.45) is 4.13. The minimum Gasteiger partial charge on any atom is -0.493 e. The summed E-state index contributed by atoms with van der Waals surface area (Å²) >= 11 is 0. The van der Waals surface area contributed by atoms with Gasteiger partial charge in [0.15, 0.2) is 5.76 Å². The first-order valence-electron chi connectivity index (χ1n) is 13.7. The Morgan fingerprint density at radius 3 is 1.88 bits per heavy atom. The third kappa shape index (κ3) is 8.81. The number of benzene rings is 2. The van der Waals surface area contributed by atoms with E-state index in [0.717, 1.165) is 6.42 Å². The zero-order valence-electron chi connectivity index (χ0n) is 26.1. The van der Waals surface area contributed by atoms with Gasteiger partial charge in [-0.25, -0.2) is 0 Å². The fourth-order valence-electron chi connectivity index (χ4n) is 3.41. The van der Waals surface area contributed by atoms with Crippen LogP contribution in [0.2, 0.25) is 0 Å². The summed E-state index contributed by atoms with van der Waals surface area (Å²) in [6, 6.07) is 9.82. The van der Waals surface area contributed by atoms with E-state index in [0.29, 0.717) is 40.5 Å². The summed E-state index contributed by atoms with van der Waals surface area (Å²) in [6.45, 7) is 21.0. The van der Waals surface area contributed by atoms with Crippen LogP contribution in [0, 0.1) is 10.8 Å². The number of carbonyl (C=O) groups is 3. The van der Waals surface area contributed by atoms with E-state index in [-0.39, 0.29) is 23.5 Å². The highest BCUT2D eigenvalue weighted by Gasteiger charge is 2.29. The van der Waals surface area contributed by atoms with Crippen molar-refractivity contribution in [3.63, 3.8) is 0 Å². The fourth-order valence-corrected chi connectivity index (χ4v) is 3.41. The Morgan fingerprint density at radius 1 is 0.829 bits per heavy atom. The smallest absolute Gasteiger partial charge is 0.316 e. The second-order valence-corrected chi connectivity index (χ2v) is 12.5. The number of Topliss-reactive ketones (excluding diaryl/α,β-unsaturated/α-hetero) is 1. The van der Waals surface area contributed by atoms with Crippen LogP contribution in [-0.2, 0) is 19.7 Å². The van der Waals surface area contributed by atoms with E-state index in [1.54, 1.807) is 84.0 Å². The average Bonchev–Trinajstić information content (AvgIpc) is 2.89. The Morgan fingerprint density at radius 2 is 1.39 bits per heavy atom. The zero-order chi connectivity index (χ0) is 31.2. The number of ketones is 1. The molecule has 7 nitrogen and oxygen atoms in total. The Balaban J connectivity index is 2.59. The molecule has 41 heavy (non-hydrogen) atoms. The quantitative estimate of drug-likeness (QED) is 0.0690. The molecule has 0 spiro atoms. The van der Waals surface area contributed by atoms with Crippen molar-refractivity contribution in [2.45, 2.75) is 74.1 Å². The molecule has 0 aromatic heterocycles. The van der Waals surface area contributed by atoms with Crippen molar-refractivity contribution in [3.05, 3.63) is 71.5 Å². The molecule has 2 aromatic rings. The highest BCUT2D eigenvalue weighted by Crippen LogP contribution is 2.40. The number of hydrogen-bond donors (Lipinski definition) is 0. The van der Waals surface area contributed by atoms with E-state index in [9.17, 15) is 14.4 Å². The molecule has 0 saturated carbocycles. The number of ether oxygens (including phenoxy) is 4. The lowest BCUT2D eigenvalue weighted by Crippen LogP contribution is -2.27. The first-order chi connectivity index (χ1) is 18.9. The van der Waals surface area contributed by atoms with Crippen molar-refractivity contribution in [3.8, 4) is 17.2 Å². The van der Waals surface area contributed by atoms with E-state index in [1.807, 2.05) is 26.8 Å². The lowest BCUT2D eigenvalue weighted by molar-refractivity contribution is -0.143. The number of esters is 2. The highest BCUT2D eigenvalue weighted by molar-refractivity contribution is 6.10. The van der Waals surface area contributed by atoms with Crippen molar-refractivity contribution < 1.29 is 33.3 Å². The summed E-state index contributed by atoms with van der Waals surface area (Å²) in [5, 5.41) is 0. The van der Waals surface area contributed by atoms with Crippen LogP contribution in [0.3, 0.4) is 0 Å². The molecule has 0 saturated heterocycles. The first-order valence-corrected chi connectivity index (χ1v) is 13.7. The highest BCUT2D eigenvalue weighted by atomic mass is 16.5. The van der Waals surface area contributed by atoms with Gasteiger partial charge in [-0.1, -0.05) is 26.8 Å². The monoisotopic (exact) mass is 564 g/mol. The van der Waals surface area contributed by atoms with Crippen LogP contribution in [0.15, 0.2) is 54.8 Å². The predicted molar refractivity (Wildman–Crippen MR) is 161 cm³/mol. The lowest BCUT2D eigenvalue weighted by Gasteiger charge is -2.26. The molecule has 0 radical (unpaired) electrons. The molecule has 0 aliphatic rings. The van der Waals surface area contributed by atoms with E-state index < -0.39 is 16.2 Å². The Hall–Kier alpha value is -3.87. The summed E-state index contributed by atoms with van der Waals surface area (Å²) in [4.78, 5) is 38.5. The van der Waals surface area contributed by atoms with Gasteiger partial charge in [0.2, 0.25) is 5.78 Å². The van der Waals surface area contributed by atoms with Crippen molar-refractivity contribution in [2.75, 3.05) is 13.7 Å². The minimum absolute atomic E-state index is 0.0765. The van der Waals surface area contributed by atoms with Crippen LogP contribution in [0.5, 0.6) is 17.2 Å². The van der Waals surface area contributed by atoms with Crippen LogP contribution in [0.1, 0.15) is 90.2 Å². The maximum Gasteiger partial charge on any atom is 0.316 e. The summed E-state index contributed by atoms with van der Waals surface area (Å²) in [5.41, 5.74) is -0.302. The number of rotatable bonds is 11. The molecule has 2 aromatic carbocycles. The van der Waals surface area contributed by atoms with Gasteiger partial charge >= 0.3 is 11.9 Å². The predicted octanol–water partition coefficient (Wildman–Crippen LogP) is 7.71. The van der Waals surface area contributed by atoms with Crippen LogP contribution in [-0.4, -0.2) is 31.4 Å². The molecule has 0 fully saturated rings. The Bertz CT molecular complexity index is 1300. The third-order valence-corrected chi connectivity index (χ3v) is 6.26. The summed E-state index contributed by atoms with van der Waals surface area (Å²) < 4.78 is 22.8. The van der Waals surface area contributed by atoms with Crippen molar-refractivity contribution in [1.82, 2.24) is 0 Å². The molecular formula is C34H44O7. The first kappa shape index (κ1) is 33.3. The number of methoxy groups -OCH3 is 1. The van der Waals surface area contributed by atoms with Gasteiger partial charge in [0.25, 0.3) is 0 Å². The molecule has 2 rings (SSSR count). The van der Waals surface area contributed by atoms with E-state index in [1.165, 1.54) is 7.11 Å². The van der Waals surface area contributed by atoms with E-state index in [2.05, 4.69) is 6.58 Å². The topological polar surface area (TPSA) is 88.1 Å². The maximum absolute atomic E-state index is 13.4. The Labute approximate surface area is 244 Å². The summed E-state index contributed by atoms with van der Waals surface area (Å²) in [7, 11) is 1.42. The molecule has 0 N–H and O–H groups in total. The molecule has 0 heterocycles. The maximum atomic E-state index is 13.4. The van der Waals surface area contributed by atoms with Crippen LogP contribution < -0.4 is 14.2 Å². The van der Waals surface area contributed by atoms with Gasteiger partial charge in [0.05, 0.1) is 24.5 Å². The lowest BCUT2D eigenvalue weighted by atomic mass is 9.83. The van der Waals surface area contributed by atoms with Gasteiger partial charge < -0.3 is 18.9 Å². The normalized spacial score (nSPS) is 12.4. The molecule has 0 bridgehead atoms. The second kappa shape index (κ2) is 13.2. The fraction of sp³-hybridized carbons (Fsp3) is 0.441. The molecule has 0 aliphatic heterocycles. The van der Waals surface area contributed by atoms with E-state index in [4.69, 9.17) is 18.9 Å². The molecule has 222 valence electrons. The van der Waals surface area contributed by atoms with Gasteiger partial charge in [-0.2, -0.15) is 0 Å².